The van der Waals surface area contributed by atoms with Gasteiger partial charge in [-0.25, -0.2) is 0 Å². The topological polar surface area (TPSA) is 17.0 Å². The molecule has 0 bridgehead atoms. The molecule has 0 saturated heterocycles. The molecule has 1 unspecified atom stereocenters. The minimum absolute atomic E-state index is 0.405. The van der Waals surface area contributed by atoms with Crippen LogP contribution < -0.4 is 5.32 Å². The second-order valence-corrected chi connectivity index (χ2v) is 5.04. The minimum atomic E-state index is 0.405. The summed E-state index contributed by atoms with van der Waals surface area (Å²) in [6.07, 6.45) is 7.25. The van der Waals surface area contributed by atoms with Crippen LogP contribution in [0, 0.1) is 19.3 Å². The first-order valence-electron chi connectivity index (χ1n) is 6.88. The van der Waals surface area contributed by atoms with Crippen LogP contribution in [0.5, 0.6) is 0 Å². The number of hydrogen-bond acceptors (Lipinski definition) is 1. The molecule has 0 fully saturated rings. The van der Waals surface area contributed by atoms with Gasteiger partial charge in [-0.15, -0.1) is 12.3 Å². The zero-order valence-corrected chi connectivity index (χ0v) is 12.0. The monoisotopic (exact) mass is 254 g/mol. The van der Waals surface area contributed by atoms with Crippen molar-refractivity contribution in [1.82, 2.24) is 9.88 Å². The normalized spacial score (nSPS) is 12.5. The van der Waals surface area contributed by atoms with Crippen LogP contribution in [0.1, 0.15) is 31.0 Å². The predicted octanol–water partition coefficient (Wildman–Crippen LogP) is 3.38. The lowest BCUT2D eigenvalue weighted by Crippen LogP contribution is -2.28. The molecule has 2 aromatic rings. The molecular weight excluding hydrogens is 232 g/mol. The van der Waals surface area contributed by atoms with Gasteiger partial charge < -0.3 is 9.88 Å². The van der Waals surface area contributed by atoms with Gasteiger partial charge in [0.2, 0.25) is 0 Å². The van der Waals surface area contributed by atoms with Crippen molar-refractivity contribution >= 4 is 10.9 Å². The lowest BCUT2D eigenvalue weighted by molar-refractivity contribution is 0.497. The van der Waals surface area contributed by atoms with E-state index in [2.05, 4.69) is 61.0 Å². The van der Waals surface area contributed by atoms with E-state index in [0.717, 1.165) is 19.4 Å². The molecule has 0 spiro atoms. The number of rotatable bonds is 5. The average molecular weight is 254 g/mol. The second-order valence-electron chi connectivity index (χ2n) is 5.04. The third-order valence-electron chi connectivity index (χ3n) is 3.92. The van der Waals surface area contributed by atoms with Gasteiger partial charge in [0.05, 0.1) is 0 Å². The Balaban J connectivity index is 2.24. The van der Waals surface area contributed by atoms with Gasteiger partial charge in [-0.05, 0) is 25.0 Å². The Kier molecular flexibility index (Phi) is 4.29. The standard InChI is InChI=1S/C17H22N2/c1-5-9-14(6-2)18-12-17-13(3)15-10-7-8-11-16(15)19(17)4/h1,7-8,10-11,14,18H,6,9,12H2,2-4H3. The highest BCUT2D eigenvalue weighted by molar-refractivity contribution is 5.85. The number of para-hydroxylation sites is 1. The fraction of sp³-hybridized carbons (Fsp3) is 0.412. The molecule has 1 aromatic carbocycles. The molecule has 1 atom stereocenters. The number of aryl methyl sites for hydroxylation is 2. The second kappa shape index (κ2) is 5.95. The quantitative estimate of drug-likeness (QED) is 0.809. The zero-order chi connectivity index (χ0) is 13.8. The van der Waals surface area contributed by atoms with Gasteiger partial charge in [0.25, 0.3) is 0 Å². The maximum absolute atomic E-state index is 5.40. The van der Waals surface area contributed by atoms with E-state index in [0.29, 0.717) is 6.04 Å². The summed E-state index contributed by atoms with van der Waals surface area (Å²) in [5, 5.41) is 4.91. The molecule has 0 radical (unpaired) electrons. The van der Waals surface area contributed by atoms with E-state index >= 15 is 0 Å². The van der Waals surface area contributed by atoms with Gasteiger partial charge in [-0.3, -0.25) is 0 Å². The van der Waals surface area contributed by atoms with Crippen molar-refractivity contribution in [2.75, 3.05) is 0 Å². The predicted molar refractivity (Wildman–Crippen MR) is 82.0 cm³/mol. The van der Waals surface area contributed by atoms with Gasteiger partial charge in [-0.2, -0.15) is 0 Å². The highest BCUT2D eigenvalue weighted by Gasteiger charge is 2.12. The molecule has 0 aliphatic carbocycles. The van der Waals surface area contributed by atoms with Crippen LogP contribution in [0.2, 0.25) is 0 Å². The number of hydrogen-bond donors (Lipinski definition) is 1. The Labute approximate surface area is 115 Å². The molecule has 0 amide bonds. The van der Waals surface area contributed by atoms with Crippen molar-refractivity contribution in [3.63, 3.8) is 0 Å². The van der Waals surface area contributed by atoms with Crippen molar-refractivity contribution in [2.45, 2.75) is 39.3 Å². The van der Waals surface area contributed by atoms with Crippen molar-refractivity contribution in [1.29, 1.82) is 0 Å². The first-order chi connectivity index (χ1) is 9.19. The van der Waals surface area contributed by atoms with Gasteiger partial charge in [0.1, 0.15) is 0 Å². The van der Waals surface area contributed by atoms with Crippen molar-refractivity contribution in [3.8, 4) is 12.3 Å². The molecule has 2 heteroatoms. The molecule has 1 heterocycles. The van der Waals surface area contributed by atoms with Gasteiger partial charge >= 0.3 is 0 Å². The van der Waals surface area contributed by atoms with Crippen molar-refractivity contribution in [2.24, 2.45) is 7.05 Å². The van der Waals surface area contributed by atoms with Crippen LogP contribution in [-0.4, -0.2) is 10.6 Å². The van der Waals surface area contributed by atoms with E-state index in [1.807, 2.05) is 0 Å². The smallest absolute Gasteiger partial charge is 0.0483 e. The number of benzene rings is 1. The van der Waals surface area contributed by atoms with Gasteiger partial charge in [0, 0.05) is 42.7 Å². The van der Waals surface area contributed by atoms with Crippen LogP contribution in [0.15, 0.2) is 24.3 Å². The number of fused-ring (bicyclic) bond motifs is 1. The van der Waals surface area contributed by atoms with Crippen LogP contribution in [-0.2, 0) is 13.6 Å². The summed E-state index contributed by atoms with van der Waals surface area (Å²) < 4.78 is 2.28. The number of nitrogens with zero attached hydrogens (tertiary/aromatic N) is 1. The summed E-state index contributed by atoms with van der Waals surface area (Å²) in [5.41, 5.74) is 4.00. The number of aromatic nitrogens is 1. The van der Waals surface area contributed by atoms with E-state index in [9.17, 15) is 0 Å². The van der Waals surface area contributed by atoms with Crippen molar-refractivity contribution < 1.29 is 0 Å². The third kappa shape index (κ3) is 2.67. The molecule has 100 valence electrons. The maximum atomic E-state index is 5.40. The van der Waals surface area contributed by atoms with E-state index in [-0.39, 0.29) is 0 Å². The molecule has 2 nitrogen and oxygen atoms in total. The van der Waals surface area contributed by atoms with Crippen LogP contribution in [0.25, 0.3) is 10.9 Å². The van der Waals surface area contributed by atoms with E-state index in [4.69, 9.17) is 6.42 Å². The Morgan fingerprint density at radius 2 is 2.11 bits per heavy atom. The Morgan fingerprint density at radius 3 is 2.74 bits per heavy atom. The highest BCUT2D eigenvalue weighted by atomic mass is 15.0. The Bertz CT molecular complexity index is 562. The molecular formula is C17H22N2. The Hall–Kier alpha value is -1.72. The van der Waals surface area contributed by atoms with Crippen LogP contribution >= 0.6 is 0 Å². The maximum Gasteiger partial charge on any atom is 0.0483 e. The van der Waals surface area contributed by atoms with Crippen LogP contribution in [0.4, 0.5) is 0 Å². The summed E-state index contributed by atoms with van der Waals surface area (Å²) in [6, 6.07) is 8.95. The first-order valence-corrected chi connectivity index (χ1v) is 6.88. The molecule has 1 aromatic heterocycles. The Morgan fingerprint density at radius 1 is 1.37 bits per heavy atom. The SMILES string of the molecule is C#CCC(CC)NCc1c(C)c2ccccc2n1C. The largest absolute Gasteiger partial charge is 0.346 e. The summed E-state index contributed by atoms with van der Waals surface area (Å²) >= 11 is 0. The molecule has 19 heavy (non-hydrogen) atoms. The third-order valence-corrected chi connectivity index (χ3v) is 3.92. The van der Waals surface area contributed by atoms with E-state index < -0.39 is 0 Å². The van der Waals surface area contributed by atoms with Crippen LogP contribution in [0.3, 0.4) is 0 Å². The summed E-state index contributed by atoms with van der Waals surface area (Å²) in [7, 11) is 2.13. The number of terminal acetylenes is 1. The average Bonchev–Trinajstić information content (AvgIpc) is 2.68. The highest BCUT2D eigenvalue weighted by Crippen LogP contribution is 2.24. The molecule has 2 rings (SSSR count). The van der Waals surface area contributed by atoms with Gasteiger partial charge in [-0.1, -0.05) is 25.1 Å². The fourth-order valence-corrected chi connectivity index (χ4v) is 2.63. The summed E-state index contributed by atoms with van der Waals surface area (Å²) in [5.74, 6) is 2.74. The zero-order valence-electron chi connectivity index (χ0n) is 12.0. The first kappa shape index (κ1) is 13.7. The lowest BCUT2D eigenvalue weighted by Gasteiger charge is -2.15. The summed E-state index contributed by atoms with van der Waals surface area (Å²) in [4.78, 5) is 0. The minimum Gasteiger partial charge on any atom is -0.346 e. The lowest BCUT2D eigenvalue weighted by atomic mass is 10.1. The fourth-order valence-electron chi connectivity index (χ4n) is 2.63. The molecule has 0 saturated carbocycles. The molecule has 0 aliphatic rings. The van der Waals surface area contributed by atoms with E-state index in [1.54, 1.807) is 0 Å². The number of nitrogens with one attached hydrogen (secondary N) is 1. The molecule has 1 N–H and O–H groups in total. The molecule has 0 aliphatic heterocycles. The summed E-state index contributed by atoms with van der Waals surface area (Å²) in [6.45, 7) is 5.24. The van der Waals surface area contributed by atoms with Crippen molar-refractivity contribution in [3.05, 3.63) is 35.5 Å². The van der Waals surface area contributed by atoms with E-state index in [1.165, 1.54) is 22.2 Å². The van der Waals surface area contributed by atoms with Gasteiger partial charge in [0.15, 0.2) is 0 Å².